The van der Waals surface area contributed by atoms with Gasteiger partial charge in [0.05, 0.1) is 11.9 Å². The second-order valence-corrected chi connectivity index (χ2v) is 4.35. The Morgan fingerprint density at radius 3 is 2.88 bits per heavy atom. The van der Waals surface area contributed by atoms with Crippen molar-refractivity contribution in [2.24, 2.45) is 0 Å². The molecule has 0 aliphatic carbocycles. The number of carboxylic acid groups (broad SMARTS) is 1. The van der Waals surface area contributed by atoms with Gasteiger partial charge in [0.2, 0.25) is 0 Å². The fourth-order valence-electron chi connectivity index (χ4n) is 1.23. The molecule has 1 aromatic rings. The fourth-order valence-corrected chi connectivity index (χ4v) is 1.72. The number of pyridine rings is 1. The highest BCUT2D eigenvalue weighted by Crippen LogP contribution is 2.07. The van der Waals surface area contributed by atoms with E-state index < -0.39 is 5.97 Å². The van der Waals surface area contributed by atoms with Gasteiger partial charge >= 0.3 is 5.97 Å². The lowest BCUT2D eigenvalue weighted by Gasteiger charge is -2.05. The Balaban J connectivity index is 2.29. The third-order valence-electron chi connectivity index (χ3n) is 2.09. The van der Waals surface area contributed by atoms with E-state index in [1.807, 2.05) is 11.8 Å². The zero-order valence-electron chi connectivity index (χ0n) is 9.27. The van der Waals surface area contributed by atoms with E-state index in [2.05, 4.69) is 16.6 Å². The van der Waals surface area contributed by atoms with Crippen molar-refractivity contribution in [2.75, 3.05) is 23.9 Å². The van der Waals surface area contributed by atoms with Gasteiger partial charge in [0, 0.05) is 6.54 Å². The molecule has 0 atom stereocenters. The van der Waals surface area contributed by atoms with Gasteiger partial charge < -0.3 is 10.4 Å². The summed E-state index contributed by atoms with van der Waals surface area (Å²) in [4.78, 5) is 14.4. The Morgan fingerprint density at radius 1 is 1.50 bits per heavy atom. The molecule has 1 heterocycles. The number of carboxylic acids is 1. The third kappa shape index (κ3) is 4.53. The quantitative estimate of drug-likeness (QED) is 0.716. The maximum atomic E-state index is 10.6. The zero-order chi connectivity index (χ0) is 11.8. The van der Waals surface area contributed by atoms with E-state index in [1.165, 1.54) is 18.2 Å². The number of hydrogen-bond donors (Lipinski definition) is 2. The van der Waals surface area contributed by atoms with Crippen molar-refractivity contribution in [3.05, 3.63) is 24.0 Å². The minimum Gasteiger partial charge on any atom is -0.477 e. The number of anilines is 1. The van der Waals surface area contributed by atoms with Crippen LogP contribution in [0.5, 0.6) is 0 Å². The van der Waals surface area contributed by atoms with E-state index in [-0.39, 0.29) is 5.69 Å². The lowest BCUT2D eigenvalue weighted by molar-refractivity contribution is 0.0690. The maximum absolute atomic E-state index is 10.6. The van der Waals surface area contributed by atoms with Crippen molar-refractivity contribution in [3.8, 4) is 0 Å². The number of nitrogens with zero attached hydrogens (tertiary/aromatic N) is 1. The first kappa shape index (κ1) is 12.8. The van der Waals surface area contributed by atoms with Crippen LogP contribution < -0.4 is 5.32 Å². The van der Waals surface area contributed by atoms with E-state index in [1.54, 1.807) is 12.3 Å². The maximum Gasteiger partial charge on any atom is 0.354 e. The average Bonchev–Trinajstić information content (AvgIpc) is 2.29. The SMILES string of the molecule is CSCCCCNc1ccc(C(=O)O)nc1. The number of aromatic carboxylic acids is 1. The van der Waals surface area contributed by atoms with Crippen LogP contribution >= 0.6 is 11.8 Å². The van der Waals surface area contributed by atoms with Gasteiger partial charge in [0.25, 0.3) is 0 Å². The summed E-state index contributed by atoms with van der Waals surface area (Å²) in [5.74, 6) is 0.184. The number of hydrogen-bond acceptors (Lipinski definition) is 4. The zero-order valence-corrected chi connectivity index (χ0v) is 10.1. The van der Waals surface area contributed by atoms with Gasteiger partial charge in [0.15, 0.2) is 0 Å². The topological polar surface area (TPSA) is 62.2 Å². The number of aromatic nitrogens is 1. The first-order valence-corrected chi connectivity index (χ1v) is 6.55. The molecule has 0 aromatic carbocycles. The van der Waals surface area contributed by atoms with Crippen LogP contribution in [0.4, 0.5) is 5.69 Å². The summed E-state index contributed by atoms with van der Waals surface area (Å²) >= 11 is 1.85. The highest BCUT2D eigenvalue weighted by Gasteiger charge is 2.02. The van der Waals surface area contributed by atoms with Gasteiger partial charge in [-0.3, -0.25) is 0 Å². The van der Waals surface area contributed by atoms with Crippen molar-refractivity contribution >= 4 is 23.4 Å². The molecule has 0 fully saturated rings. The third-order valence-corrected chi connectivity index (χ3v) is 2.78. The van der Waals surface area contributed by atoms with Crippen molar-refractivity contribution in [3.63, 3.8) is 0 Å². The molecule has 0 saturated heterocycles. The van der Waals surface area contributed by atoms with Gasteiger partial charge in [-0.15, -0.1) is 0 Å². The summed E-state index contributed by atoms with van der Waals surface area (Å²) in [6.45, 7) is 0.897. The molecule has 16 heavy (non-hydrogen) atoms. The summed E-state index contributed by atoms with van der Waals surface area (Å²) < 4.78 is 0. The monoisotopic (exact) mass is 240 g/mol. The van der Waals surface area contributed by atoms with Gasteiger partial charge in [-0.1, -0.05) is 0 Å². The summed E-state index contributed by atoms with van der Waals surface area (Å²) in [7, 11) is 0. The highest BCUT2D eigenvalue weighted by molar-refractivity contribution is 7.98. The molecule has 0 amide bonds. The van der Waals surface area contributed by atoms with Crippen LogP contribution in [-0.4, -0.2) is 34.6 Å². The minimum absolute atomic E-state index is 0.0768. The van der Waals surface area contributed by atoms with Crippen LogP contribution in [-0.2, 0) is 0 Å². The predicted octanol–water partition coefficient (Wildman–Crippen LogP) is 2.33. The molecule has 0 spiro atoms. The number of thioether (sulfide) groups is 1. The summed E-state index contributed by atoms with van der Waals surface area (Å²) in [6, 6.07) is 3.25. The van der Waals surface area contributed by atoms with E-state index in [0.29, 0.717) is 0 Å². The van der Waals surface area contributed by atoms with Crippen molar-refractivity contribution < 1.29 is 9.90 Å². The Morgan fingerprint density at radius 2 is 2.31 bits per heavy atom. The Hall–Kier alpha value is -1.23. The van der Waals surface area contributed by atoms with E-state index in [4.69, 9.17) is 5.11 Å². The Labute approximate surface area is 99.5 Å². The summed E-state index contributed by atoms with van der Waals surface area (Å²) in [5, 5.41) is 11.9. The molecule has 4 nitrogen and oxygen atoms in total. The lowest BCUT2D eigenvalue weighted by atomic mass is 10.3. The van der Waals surface area contributed by atoms with E-state index >= 15 is 0 Å². The molecule has 0 unspecified atom stereocenters. The van der Waals surface area contributed by atoms with Crippen LogP contribution in [0.1, 0.15) is 23.3 Å². The molecule has 1 rings (SSSR count). The van der Waals surface area contributed by atoms with Gasteiger partial charge in [-0.2, -0.15) is 11.8 Å². The van der Waals surface area contributed by atoms with Crippen LogP contribution in [0.3, 0.4) is 0 Å². The molecule has 0 bridgehead atoms. The molecule has 0 aliphatic heterocycles. The molecule has 0 aliphatic rings. The van der Waals surface area contributed by atoms with E-state index in [9.17, 15) is 4.79 Å². The smallest absolute Gasteiger partial charge is 0.354 e. The fraction of sp³-hybridized carbons (Fsp3) is 0.455. The number of carbonyl (C=O) groups is 1. The van der Waals surface area contributed by atoms with Gasteiger partial charge in [-0.25, -0.2) is 9.78 Å². The van der Waals surface area contributed by atoms with Crippen LogP contribution in [0.25, 0.3) is 0 Å². The lowest BCUT2D eigenvalue weighted by Crippen LogP contribution is -2.04. The predicted molar refractivity (Wildman–Crippen MR) is 67.3 cm³/mol. The Bertz CT molecular complexity index is 327. The molecule has 5 heteroatoms. The molecule has 0 saturated carbocycles. The minimum atomic E-state index is -0.994. The molecule has 2 N–H and O–H groups in total. The normalized spacial score (nSPS) is 10.1. The first-order valence-electron chi connectivity index (χ1n) is 5.16. The molecule has 1 aromatic heterocycles. The van der Waals surface area contributed by atoms with Crippen molar-refractivity contribution in [1.82, 2.24) is 4.98 Å². The van der Waals surface area contributed by atoms with Crippen LogP contribution in [0.2, 0.25) is 0 Å². The van der Waals surface area contributed by atoms with Crippen molar-refractivity contribution in [1.29, 1.82) is 0 Å². The largest absolute Gasteiger partial charge is 0.477 e. The Kier molecular flexibility index (Phi) is 5.71. The molecule has 0 radical (unpaired) electrons. The van der Waals surface area contributed by atoms with Crippen LogP contribution in [0.15, 0.2) is 18.3 Å². The van der Waals surface area contributed by atoms with Gasteiger partial charge in [-0.05, 0) is 37.0 Å². The van der Waals surface area contributed by atoms with Gasteiger partial charge in [0.1, 0.15) is 5.69 Å². The standard InChI is InChI=1S/C11H16N2O2S/c1-16-7-3-2-6-12-9-4-5-10(11(14)15)13-8-9/h4-5,8,12H,2-3,6-7H2,1H3,(H,14,15). The first-order chi connectivity index (χ1) is 7.74. The van der Waals surface area contributed by atoms with Crippen molar-refractivity contribution in [2.45, 2.75) is 12.8 Å². The number of unbranched alkanes of at least 4 members (excludes halogenated alkanes) is 1. The molecule has 88 valence electrons. The summed E-state index contributed by atoms with van der Waals surface area (Å²) in [6.07, 6.45) is 5.95. The highest BCUT2D eigenvalue weighted by atomic mass is 32.2. The number of nitrogens with one attached hydrogen (secondary N) is 1. The average molecular weight is 240 g/mol. The van der Waals surface area contributed by atoms with Crippen LogP contribution in [0, 0.1) is 0 Å². The second kappa shape index (κ2) is 7.11. The van der Waals surface area contributed by atoms with E-state index in [0.717, 1.165) is 18.7 Å². The molecular formula is C11H16N2O2S. The number of rotatable bonds is 7. The molecular weight excluding hydrogens is 224 g/mol. The second-order valence-electron chi connectivity index (χ2n) is 3.36. The summed E-state index contributed by atoms with van der Waals surface area (Å²) in [5.41, 5.74) is 0.946.